The molecule has 0 aliphatic carbocycles. The van der Waals surface area contributed by atoms with E-state index in [9.17, 15) is 14.4 Å². The van der Waals surface area contributed by atoms with Crippen LogP contribution in [0.3, 0.4) is 0 Å². The first kappa shape index (κ1) is 12.6. The van der Waals surface area contributed by atoms with Crippen LogP contribution >= 0.6 is 0 Å². The van der Waals surface area contributed by atoms with E-state index in [1.807, 2.05) is 0 Å². The molecule has 0 radical (unpaired) electrons. The molecule has 2 heterocycles. The molecule has 2 atom stereocenters. The van der Waals surface area contributed by atoms with E-state index >= 15 is 0 Å². The smallest absolute Gasteiger partial charge is 0.352 e. The average Bonchev–Trinajstić information content (AvgIpc) is 2.48. The van der Waals surface area contributed by atoms with Crippen molar-refractivity contribution in [3.8, 4) is 0 Å². The average molecular weight is 253 g/mol. The van der Waals surface area contributed by atoms with E-state index in [0.29, 0.717) is 5.57 Å². The standard InChI is InChI=1S/C12H15NO5/c1-4-18-11(17)12(3)6(2)9(10(15)16)13-7(12)5-8(13)14/h7H,4-5H2,1-3H3,(H,15,16)/t7-,12?/m0/s1. The summed E-state index contributed by atoms with van der Waals surface area (Å²) < 4.78 is 5.01. The highest BCUT2D eigenvalue weighted by molar-refractivity contribution is 6.02. The Morgan fingerprint density at radius 1 is 1.56 bits per heavy atom. The Morgan fingerprint density at radius 3 is 2.56 bits per heavy atom. The SMILES string of the molecule is CCOC(=O)C1(C)C(C)=C(C(=O)O)N2C(=O)C[C@H]21. The van der Waals surface area contributed by atoms with Crippen molar-refractivity contribution < 1.29 is 24.2 Å². The molecule has 1 fully saturated rings. The second-order valence-corrected chi connectivity index (χ2v) is 4.69. The third-order valence-corrected chi connectivity index (χ3v) is 3.89. The molecule has 1 unspecified atom stereocenters. The maximum absolute atomic E-state index is 12.1. The second kappa shape index (κ2) is 3.83. The molecule has 0 bridgehead atoms. The molecule has 2 aliphatic heterocycles. The number of ether oxygens (including phenoxy) is 1. The highest BCUT2D eigenvalue weighted by Crippen LogP contribution is 2.51. The van der Waals surface area contributed by atoms with Crippen LogP contribution in [-0.2, 0) is 19.1 Å². The largest absolute Gasteiger partial charge is 0.477 e. The molecule has 1 amide bonds. The summed E-state index contributed by atoms with van der Waals surface area (Å²) in [5.41, 5.74) is -0.728. The van der Waals surface area contributed by atoms with Crippen molar-refractivity contribution >= 4 is 17.8 Å². The monoisotopic (exact) mass is 253 g/mol. The summed E-state index contributed by atoms with van der Waals surface area (Å²) in [6, 6.07) is -0.421. The first-order valence-electron chi connectivity index (χ1n) is 5.79. The van der Waals surface area contributed by atoms with Crippen LogP contribution in [0.2, 0.25) is 0 Å². The lowest BCUT2D eigenvalue weighted by molar-refractivity contribution is -0.162. The van der Waals surface area contributed by atoms with Gasteiger partial charge in [0.15, 0.2) is 0 Å². The van der Waals surface area contributed by atoms with Gasteiger partial charge in [0, 0.05) is 6.42 Å². The summed E-state index contributed by atoms with van der Waals surface area (Å²) in [5, 5.41) is 9.16. The maximum atomic E-state index is 12.1. The van der Waals surface area contributed by atoms with Gasteiger partial charge in [-0.15, -0.1) is 0 Å². The number of carbonyl (C=O) groups excluding carboxylic acids is 2. The molecule has 2 rings (SSSR count). The van der Waals surface area contributed by atoms with Crippen LogP contribution in [0.25, 0.3) is 0 Å². The number of fused-ring (bicyclic) bond motifs is 1. The number of hydrogen-bond acceptors (Lipinski definition) is 4. The fraction of sp³-hybridized carbons (Fsp3) is 0.583. The second-order valence-electron chi connectivity index (χ2n) is 4.69. The van der Waals surface area contributed by atoms with Crippen LogP contribution < -0.4 is 0 Å². The molecule has 0 aromatic heterocycles. The molecule has 6 heteroatoms. The first-order valence-corrected chi connectivity index (χ1v) is 5.79. The van der Waals surface area contributed by atoms with Crippen LogP contribution in [0.1, 0.15) is 27.2 Å². The minimum absolute atomic E-state index is 0.0770. The number of nitrogens with zero attached hydrogens (tertiary/aromatic N) is 1. The van der Waals surface area contributed by atoms with E-state index in [4.69, 9.17) is 9.84 Å². The molecule has 0 spiro atoms. The summed E-state index contributed by atoms with van der Waals surface area (Å²) in [4.78, 5) is 36.0. The van der Waals surface area contributed by atoms with E-state index in [1.54, 1.807) is 20.8 Å². The van der Waals surface area contributed by atoms with Crippen LogP contribution in [0.5, 0.6) is 0 Å². The summed E-state index contributed by atoms with van der Waals surface area (Å²) >= 11 is 0. The molecular formula is C12H15NO5. The van der Waals surface area contributed by atoms with Gasteiger partial charge in [0.2, 0.25) is 5.91 Å². The Bertz CT molecular complexity index is 481. The highest BCUT2D eigenvalue weighted by Gasteiger charge is 2.62. The quantitative estimate of drug-likeness (QED) is 0.586. The third kappa shape index (κ3) is 1.31. The maximum Gasteiger partial charge on any atom is 0.352 e. The zero-order valence-corrected chi connectivity index (χ0v) is 10.5. The molecule has 18 heavy (non-hydrogen) atoms. The van der Waals surface area contributed by atoms with Crippen LogP contribution in [0.4, 0.5) is 0 Å². The van der Waals surface area contributed by atoms with E-state index in [-0.39, 0.29) is 24.6 Å². The van der Waals surface area contributed by atoms with Crippen molar-refractivity contribution in [2.45, 2.75) is 33.2 Å². The predicted octanol–water partition coefficient (Wildman–Crippen LogP) is 0.529. The van der Waals surface area contributed by atoms with Gasteiger partial charge in [0.05, 0.1) is 12.6 Å². The number of esters is 1. The van der Waals surface area contributed by atoms with Crippen LogP contribution in [0.15, 0.2) is 11.3 Å². The molecule has 1 N–H and O–H groups in total. The first-order chi connectivity index (χ1) is 8.35. The number of carboxylic acid groups (broad SMARTS) is 1. The molecule has 0 saturated carbocycles. The van der Waals surface area contributed by atoms with Gasteiger partial charge >= 0.3 is 11.9 Å². The summed E-state index contributed by atoms with van der Waals surface area (Å²) in [6.45, 7) is 5.13. The van der Waals surface area contributed by atoms with Crippen molar-refractivity contribution in [1.82, 2.24) is 4.90 Å². The van der Waals surface area contributed by atoms with Gasteiger partial charge in [0.25, 0.3) is 0 Å². The van der Waals surface area contributed by atoms with Crippen molar-refractivity contribution in [2.24, 2.45) is 5.41 Å². The molecule has 6 nitrogen and oxygen atoms in total. The lowest BCUT2D eigenvalue weighted by Crippen LogP contribution is -2.57. The topological polar surface area (TPSA) is 83.9 Å². The van der Waals surface area contributed by atoms with E-state index in [2.05, 4.69) is 0 Å². The number of carbonyl (C=O) groups is 3. The van der Waals surface area contributed by atoms with Gasteiger partial charge < -0.3 is 14.7 Å². The van der Waals surface area contributed by atoms with Crippen LogP contribution in [0, 0.1) is 5.41 Å². The van der Waals surface area contributed by atoms with Gasteiger partial charge in [0.1, 0.15) is 11.1 Å². The van der Waals surface area contributed by atoms with E-state index in [1.165, 1.54) is 4.90 Å². The Labute approximate surface area is 104 Å². The fourth-order valence-electron chi connectivity index (χ4n) is 2.67. The molecular weight excluding hydrogens is 238 g/mol. The fourth-order valence-corrected chi connectivity index (χ4v) is 2.67. The van der Waals surface area contributed by atoms with Gasteiger partial charge in [-0.3, -0.25) is 9.59 Å². The van der Waals surface area contributed by atoms with Gasteiger partial charge in [-0.1, -0.05) is 0 Å². The molecule has 1 saturated heterocycles. The van der Waals surface area contributed by atoms with Gasteiger partial charge in [-0.2, -0.15) is 0 Å². The summed E-state index contributed by atoms with van der Waals surface area (Å²) in [6.07, 6.45) is 0.184. The van der Waals surface area contributed by atoms with E-state index in [0.717, 1.165) is 0 Å². The Kier molecular flexibility index (Phi) is 2.68. The minimum Gasteiger partial charge on any atom is -0.477 e. The highest BCUT2D eigenvalue weighted by atomic mass is 16.5. The van der Waals surface area contributed by atoms with Crippen molar-refractivity contribution in [2.75, 3.05) is 6.61 Å². The zero-order chi connectivity index (χ0) is 13.7. The lowest BCUT2D eigenvalue weighted by Gasteiger charge is -2.42. The lowest BCUT2D eigenvalue weighted by atomic mass is 9.74. The number of aliphatic carboxylic acids is 1. The van der Waals surface area contributed by atoms with Crippen molar-refractivity contribution in [1.29, 1.82) is 0 Å². The number of hydrogen-bond donors (Lipinski definition) is 1. The minimum atomic E-state index is -1.18. The van der Waals surface area contributed by atoms with Crippen molar-refractivity contribution in [3.05, 3.63) is 11.3 Å². The Hall–Kier alpha value is -1.85. The molecule has 0 aromatic rings. The normalized spacial score (nSPS) is 30.1. The molecule has 0 aromatic carbocycles. The molecule has 98 valence electrons. The number of carboxylic acids is 1. The van der Waals surface area contributed by atoms with E-state index < -0.39 is 23.4 Å². The van der Waals surface area contributed by atoms with Gasteiger partial charge in [-0.25, -0.2) is 4.79 Å². The zero-order valence-electron chi connectivity index (χ0n) is 10.5. The number of rotatable bonds is 3. The van der Waals surface area contributed by atoms with Crippen LogP contribution in [-0.4, -0.2) is 40.5 Å². The third-order valence-electron chi connectivity index (χ3n) is 3.89. The number of amides is 1. The Morgan fingerprint density at radius 2 is 2.17 bits per heavy atom. The molecule has 2 aliphatic rings. The Balaban J connectivity index is 2.47. The van der Waals surface area contributed by atoms with Gasteiger partial charge in [-0.05, 0) is 26.3 Å². The summed E-state index contributed by atoms with van der Waals surface area (Å²) in [7, 11) is 0. The predicted molar refractivity (Wildman–Crippen MR) is 60.3 cm³/mol. The number of β-lactam (4-membered cyclic amide) rings is 1. The summed E-state index contributed by atoms with van der Waals surface area (Å²) in [5.74, 6) is -1.91. The van der Waals surface area contributed by atoms with Crippen molar-refractivity contribution in [3.63, 3.8) is 0 Å².